The fourth-order valence-corrected chi connectivity index (χ4v) is 4.48. The lowest BCUT2D eigenvalue weighted by Gasteiger charge is -2.11. The van der Waals surface area contributed by atoms with Gasteiger partial charge in [0.15, 0.2) is 0 Å². The van der Waals surface area contributed by atoms with Gasteiger partial charge in [-0.15, -0.1) is 0 Å². The third kappa shape index (κ3) is 6.35. The summed E-state index contributed by atoms with van der Waals surface area (Å²) in [4.78, 5) is 19.5. The predicted molar refractivity (Wildman–Crippen MR) is 118 cm³/mol. The van der Waals surface area contributed by atoms with Crippen LogP contribution in [-0.2, 0) is 22.2 Å². The van der Waals surface area contributed by atoms with Crippen LogP contribution in [0.15, 0.2) is 84.9 Å². The third-order valence-corrected chi connectivity index (χ3v) is 6.54. The Kier molecular flexibility index (Phi) is 8.35. The lowest BCUT2D eigenvalue weighted by molar-refractivity contribution is 0.471. The number of benzene rings is 3. The van der Waals surface area contributed by atoms with Gasteiger partial charge >= 0.3 is 16.1 Å². The molecular weight excluding hydrogens is 418 g/mol. The molecule has 0 aromatic heterocycles. The zero-order valence-electron chi connectivity index (χ0n) is 16.3. The second kappa shape index (κ2) is 11.2. The van der Waals surface area contributed by atoms with E-state index in [1.165, 1.54) is 0 Å². The van der Waals surface area contributed by atoms with Gasteiger partial charge in [0.05, 0.1) is 0 Å². The second-order valence-electron chi connectivity index (χ2n) is 6.81. The third-order valence-electron chi connectivity index (χ3n) is 4.69. The molecule has 3 rings (SSSR count). The van der Waals surface area contributed by atoms with Crippen molar-refractivity contribution in [2.45, 2.75) is 24.7 Å². The minimum atomic E-state index is -2.49. The summed E-state index contributed by atoms with van der Waals surface area (Å²) in [5, 5.41) is 6.23. The Morgan fingerprint density at radius 2 is 0.933 bits per heavy atom. The Bertz CT molecular complexity index is 889. The summed E-state index contributed by atoms with van der Waals surface area (Å²) in [6.45, 7) is 0.914. The summed E-state index contributed by atoms with van der Waals surface area (Å²) in [6, 6.07) is 26.1. The molecule has 6 nitrogen and oxygen atoms in total. The average molecular weight is 442 g/mol. The van der Waals surface area contributed by atoms with Gasteiger partial charge in [0, 0.05) is 24.2 Å². The highest BCUT2D eigenvalue weighted by atomic mass is 31.1. The van der Waals surface area contributed by atoms with Gasteiger partial charge in [0.25, 0.3) is 11.6 Å². The molecule has 0 bridgehead atoms. The molecule has 0 fully saturated rings. The van der Waals surface area contributed by atoms with Gasteiger partial charge in [0.2, 0.25) is 0 Å². The summed E-state index contributed by atoms with van der Waals surface area (Å²) in [7, 11) is -4.99. The first-order valence-electron chi connectivity index (χ1n) is 9.49. The summed E-state index contributed by atoms with van der Waals surface area (Å²) < 4.78 is 23.8. The van der Waals surface area contributed by atoms with Crippen molar-refractivity contribution in [1.82, 2.24) is 10.6 Å². The molecule has 154 valence electrons. The fourth-order valence-electron chi connectivity index (χ4n) is 3.13. The second-order valence-corrected chi connectivity index (χ2v) is 9.05. The molecule has 0 aliphatic heterocycles. The highest BCUT2D eigenvalue weighted by Crippen LogP contribution is 2.38. The van der Waals surface area contributed by atoms with E-state index in [0.29, 0.717) is 24.2 Å². The Labute approximate surface area is 177 Å². The molecule has 4 atom stereocenters. The molecule has 0 spiro atoms. The minimum absolute atomic E-state index is 0.457. The van der Waals surface area contributed by atoms with Gasteiger partial charge in [-0.3, -0.25) is 10.6 Å². The molecule has 8 heteroatoms. The van der Waals surface area contributed by atoms with Crippen molar-refractivity contribution in [2.75, 3.05) is 0 Å². The van der Waals surface area contributed by atoms with Crippen LogP contribution in [0.2, 0.25) is 0 Å². The smallest absolute Gasteiger partial charge is 0.263 e. The first-order valence-corrected chi connectivity index (χ1v) is 12.1. The van der Waals surface area contributed by atoms with Crippen LogP contribution in [0.4, 0.5) is 0 Å². The van der Waals surface area contributed by atoms with Crippen LogP contribution < -0.4 is 10.6 Å². The summed E-state index contributed by atoms with van der Waals surface area (Å²) in [5.41, 5.74) is 3.32. The van der Waals surface area contributed by atoms with Crippen LogP contribution in [0, 0.1) is 0 Å². The normalized spacial score (nSPS) is 14.1. The van der Waals surface area contributed by atoms with Crippen LogP contribution in [-0.4, -0.2) is 9.79 Å². The maximum atomic E-state index is 11.9. The van der Waals surface area contributed by atoms with Crippen molar-refractivity contribution < 1.29 is 18.9 Å². The Hall–Kier alpha value is -2.30. The lowest BCUT2D eigenvalue weighted by Crippen LogP contribution is -2.19. The van der Waals surface area contributed by atoms with E-state index in [4.69, 9.17) is 0 Å². The van der Waals surface area contributed by atoms with Crippen LogP contribution in [0.5, 0.6) is 0 Å². The van der Waals surface area contributed by atoms with Crippen LogP contribution >= 0.6 is 16.1 Å². The zero-order chi connectivity index (χ0) is 21.3. The van der Waals surface area contributed by atoms with Gasteiger partial charge in [-0.1, -0.05) is 84.9 Å². The van der Waals surface area contributed by atoms with E-state index in [1.54, 1.807) is 24.3 Å². The Balaban J connectivity index is 1.69. The zero-order valence-corrected chi connectivity index (χ0v) is 18.0. The minimum Gasteiger partial charge on any atom is -0.263 e. The highest BCUT2D eigenvalue weighted by molar-refractivity contribution is 7.38. The number of nitrogens with one attached hydrogen (secondary N) is 2. The molecular formula is C22H24N2O4P2+2. The maximum Gasteiger partial charge on any atom is 0.529 e. The first-order chi connectivity index (χ1) is 14.5. The molecule has 30 heavy (non-hydrogen) atoms. The first kappa shape index (κ1) is 22.4. The summed E-state index contributed by atoms with van der Waals surface area (Å²) >= 11 is 0. The molecule has 0 amide bonds. The van der Waals surface area contributed by atoms with E-state index in [9.17, 15) is 18.9 Å². The SMILES string of the molecule is O=[P+](O)[C@H](NCc1ccccc1)c1ccc([C@H](NCc2ccccc2)[P+](=O)O)cc1. The topological polar surface area (TPSA) is 98.7 Å². The van der Waals surface area contributed by atoms with Gasteiger partial charge in [0.1, 0.15) is 0 Å². The molecule has 3 aromatic rings. The van der Waals surface area contributed by atoms with Crippen LogP contribution in [0.3, 0.4) is 0 Å². The van der Waals surface area contributed by atoms with Crippen molar-refractivity contribution in [3.05, 3.63) is 107 Å². The van der Waals surface area contributed by atoms with Gasteiger partial charge < -0.3 is 0 Å². The quantitative estimate of drug-likeness (QED) is 0.339. The molecule has 0 radical (unpaired) electrons. The van der Waals surface area contributed by atoms with Crippen molar-refractivity contribution >= 4 is 16.1 Å². The van der Waals surface area contributed by atoms with Crippen molar-refractivity contribution in [2.24, 2.45) is 0 Å². The van der Waals surface area contributed by atoms with E-state index < -0.39 is 27.6 Å². The van der Waals surface area contributed by atoms with Crippen molar-refractivity contribution in [3.8, 4) is 0 Å². The summed E-state index contributed by atoms with van der Waals surface area (Å²) in [6.07, 6.45) is 0. The largest absolute Gasteiger partial charge is 0.529 e. The molecule has 0 saturated heterocycles. The van der Waals surface area contributed by atoms with Crippen molar-refractivity contribution in [3.63, 3.8) is 0 Å². The van der Waals surface area contributed by atoms with Crippen molar-refractivity contribution in [1.29, 1.82) is 0 Å². The average Bonchev–Trinajstić information content (AvgIpc) is 2.76. The molecule has 0 aliphatic carbocycles. The fraction of sp³-hybridized carbons (Fsp3) is 0.182. The van der Waals surface area contributed by atoms with Gasteiger partial charge in [-0.05, 0) is 20.3 Å². The van der Waals surface area contributed by atoms with Gasteiger partial charge in [-0.2, -0.15) is 9.79 Å². The molecule has 4 N–H and O–H groups in total. The Morgan fingerprint density at radius 3 is 1.23 bits per heavy atom. The van der Waals surface area contributed by atoms with E-state index in [1.807, 2.05) is 60.7 Å². The standard InChI is InChI=1S/C22H22N2O4P2/c25-29(26)21(23-15-17-7-3-1-4-8-17)19-11-13-20(14-12-19)22(30(27)28)24-16-18-9-5-2-6-10-18/h1-14,21-24H,15-16H2/p+2/t21-,22+. The lowest BCUT2D eigenvalue weighted by atomic mass is 10.1. The van der Waals surface area contributed by atoms with E-state index in [0.717, 1.165) is 11.1 Å². The van der Waals surface area contributed by atoms with E-state index in [-0.39, 0.29) is 0 Å². The molecule has 0 saturated carbocycles. The number of hydrogen-bond acceptors (Lipinski definition) is 4. The molecule has 3 aromatic carbocycles. The van der Waals surface area contributed by atoms with Gasteiger partial charge in [-0.25, -0.2) is 0 Å². The monoisotopic (exact) mass is 442 g/mol. The maximum absolute atomic E-state index is 11.9. The van der Waals surface area contributed by atoms with Crippen LogP contribution in [0.25, 0.3) is 0 Å². The van der Waals surface area contributed by atoms with E-state index >= 15 is 0 Å². The van der Waals surface area contributed by atoms with E-state index in [2.05, 4.69) is 10.6 Å². The van der Waals surface area contributed by atoms with Crippen LogP contribution in [0.1, 0.15) is 33.8 Å². The Morgan fingerprint density at radius 1 is 0.600 bits per heavy atom. The predicted octanol–water partition coefficient (Wildman–Crippen LogP) is 4.73. The highest BCUT2D eigenvalue weighted by Gasteiger charge is 2.33. The molecule has 0 heterocycles. The summed E-state index contributed by atoms with van der Waals surface area (Å²) in [5.74, 6) is -1.46. The number of hydrogen-bond donors (Lipinski definition) is 4. The number of rotatable bonds is 10. The molecule has 0 aliphatic rings. The molecule has 2 unspecified atom stereocenters.